The van der Waals surface area contributed by atoms with Gasteiger partial charge in [-0.2, -0.15) is 0 Å². The van der Waals surface area contributed by atoms with Crippen LogP contribution in [0.15, 0.2) is 42.5 Å². The van der Waals surface area contributed by atoms with Crippen molar-refractivity contribution in [2.45, 2.75) is 18.9 Å². The SMILES string of the molecule is N[C@@H](COc1ccc2c(c1C(=O)O)OCC2)Cc1ccccc1. The fourth-order valence-electron chi connectivity index (χ4n) is 2.73. The average Bonchev–Trinajstić information content (AvgIpc) is 3.01. The van der Waals surface area contributed by atoms with Crippen LogP contribution in [0.5, 0.6) is 11.5 Å². The predicted octanol–water partition coefficient (Wildman–Crippen LogP) is 2.27. The van der Waals surface area contributed by atoms with Gasteiger partial charge in [0.25, 0.3) is 0 Å². The molecule has 3 N–H and O–H groups in total. The molecule has 1 atom stereocenters. The molecule has 0 unspecified atom stereocenters. The van der Waals surface area contributed by atoms with Gasteiger partial charge in [0, 0.05) is 12.5 Å². The van der Waals surface area contributed by atoms with E-state index >= 15 is 0 Å². The number of ether oxygens (including phenoxy) is 2. The predicted molar refractivity (Wildman–Crippen MR) is 86.2 cm³/mol. The highest BCUT2D eigenvalue weighted by Crippen LogP contribution is 2.36. The zero-order chi connectivity index (χ0) is 16.2. The van der Waals surface area contributed by atoms with Crippen LogP contribution in [0.4, 0.5) is 0 Å². The van der Waals surface area contributed by atoms with Gasteiger partial charge in [-0.25, -0.2) is 4.79 Å². The van der Waals surface area contributed by atoms with Crippen molar-refractivity contribution < 1.29 is 19.4 Å². The average molecular weight is 313 g/mol. The van der Waals surface area contributed by atoms with E-state index < -0.39 is 5.97 Å². The molecule has 0 aliphatic carbocycles. The van der Waals surface area contributed by atoms with Crippen molar-refractivity contribution in [3.8, 4) is 11.5 Å². The van der Waals surface area contributed by atoms with E-state index in [9.17, 15) is 9.90 Å². The van der Waals surface area contributed by atoms with E-state index in [1.165, 1.54) is 0 Å². The second-order valence-electron chi connectivity index (χ2n) is 5.59. The Hall–Kier alpha value is -2.53. The minimum atomic E-state index is -1.05. The zero-order valence-electron chi connectivity index (χ0n) is 12.7. The van der Waals surface area contributed by atoms with Gasteiger partial charge in [-0.15, -0.1) is 0 Å². The van der Waals surface area contributed by atoms with Crippen molar-refractivity contribution in [1.29, 1.82) is 0 Å². The first-order valence-corrected chi connectivity index (χ1v) is 7.59. The number of carbonyl (C=O) groups is 1. The monoisotopic (exact) mass is 313 g/mol. The van der Waals surface area contributed by atoms with Crippen molar-refractivity contribution in [3.05, 3.63) is 59.2 Å². The normalized spacial score (nSPS) is 14.0. The van der Waals surface area contributed by atoms with E-state index in [1.54, 1.807) is 6.07 Å². The molecule has 0 saturated heterocycles. The number of carboxylic acids is 1. The fraction of sp³-hybridized carbons (Fsp3) is 0.278. The number of nitrogens with two attached hydrogens (primary N) is 1. The fourth-order valence-corrected chi connectivity index (χ4v) is 2.73. The number of aromatic carboxylic acids is 1. The molecule has 23 heavy (non-hydrogen) atoms. The maximum absolute atomic E-state index is 11.5. The quantitative estimate of drug-likeness (QED) is 0.855. The molecular formula is C18H19NO4. The summed E-state index contributed by atoms with van der Waals surface area (Å²) in [6.07, 6.45) is 1.40. The van der Waals surface area contributed by atoms with Crippen molar-refractivity contribution in [3.63, 3.8) is 0 Å². The highest BCUT2D eigenvalue weighted by molar-refractivity contribution is 5.95. The van der Waals surface area contributed by atoms with Crippen molar-refractivity contribution in [2.24, 2.45) is 5.73 Å². The molecule has 1 aliphatic rings. The Morgan fingerprint density at radius 1 is 1.26 bits per heavy atom. The highest BCUT2D eigenvalue weighted by atomic mass is 16.5. The van der Waals surface area contributed by atoms with Crippen LogP contribution in [0.1, 0.15) is 21.5 Å². The third-order valence-electron chi connectivity index (χ3n) is 3.83. The van der Waals surface area contributed by atoms with E-state index in [2.05, 4.69) is 0 Å². The van der Waals surface area contributed by atoms with Gasteiger partial charge in [0.15, 0.2) is 0 Å². The first-order chi connectivity index (χ1) is 11.1. The Labute approximate surface area is 134 Å². The number of benzene rings is 2. The van der Waals surface area contributed by atoms with Gasteiger partial charge in [0.2, 0.25) is 0 Å². The Morgan fingerprint density at radius 2 is 2.04 bits per heavy atom. The highest BCUT2D eigenvalue weighted by Gasteiger charge is 2.25. The van der Waals surface area contributed by atoms with Gasteiger partial charge >= 0.3 is 5.97 Å². The molecule has 0 saturated carbocycles. The Kier molecular flexibility index (Phi) is 4.48. The minimum absolute atomic E-state index is 0.0897. The summed E-state index contributed by atoms with van der Waals surface area (Å²) in [6.45, 7) is 0.751. The van der Waals surface area contributed by atoms with Crippen molar-refractivity contribution in [1.82, 2.24) is 0 Å². The Morgan fingerprint density at radius 3 is 2.78 bits per heavy atom. The molecule has 0 spiro atoms. The third kappa shape index (κ3) is 3.46. The maximum atomic E-state index is 11.5. The summed E-state index contributed by atoms with van der Waals surface area (Å²) in [7, 11) is 0. The maximum Gasteiger partial charge on any atom is 0.343 e. The largest absolute Gasteiger partial charge is 0.492 e. The molecular weight excluding hydrogens is 294 g/mol. The van der Waals surface area contributed by atoms with Gasteiger partial charge < -0.3 is 20.3 Å². The number of fused-ring (bicyclic) bond motifs is 1. The molecule has 0 aromatic heterocycles. The summed E-state index contributed by atoms with van der Waals surface area (Å²) in [5, 5.41) is 9.44. The van der Waals surface area contributed by atoms with E-state index in [1.807, 2.05) is 36.4 Å². The number of hydrogen-bond donors (Lipinski definition) is 2. The lowest BCUT2D eigenvalue weighted by molar-refractivity contribution is 0.0688. The molecule has 0 fully saturated rings. The molecule has 2 aromatic rings. The van der Waals surface area contributed by atoms with Crippen LogP contribution in [-0.4, -0.2) is 30.3 Å². The van der Waals surface area contributed by atoms with E-state index in [0.29, 0.717) is 24.5 Å². The van der Waals surface area contributed by atoms with Gasteiger partial charge in [0.1, 0.15) is 23.7 Å². The number of carboxylic acid groups (broad SMARTS) is 1. The lowest BCUT2D eigenvalue weighted by Crippen LogP contribution is -2.30. The van der Waals surface area contributed by atoms with Gasteiger partial charge in [-0.1, -0.05) is 36.4 Å². The van der Waals surface area contributed by atoms with E-state index in [4.69, 9.17) is 15.2 Å². The lowest BCUT2D eigenvalue weighted by Gasteiger charge is -2.16. The third-order valence-corrected chi connectivity index (χ3v) is 3.83. The molecule has 0 radical (unpaired) electrons. The summed E-state index contributed by atoms with van der Waals surface area (Å²) in [5.41, 5.74) is 8.21. The zero-order valence-corrected chi connectivity index (χ0v) is 12.7. The van der Waals surface area contributed by atoms with Gasteiger partial charge in [-0.05, 0) is 23.6 Å². The first kappa shape index (κ1) is 15.4. The van der Waals surface area contributed by atoms with Gasteiger partial charge in [0.05, 0.1) is 6.61 Å². The molecule has 0 amide bonds. The molecule has 3 rings (SSSR count). The van der Waals surface area contributed by atoms with E-state index in [0.717, 1.165) is 17.5 Å². The second-order valence-corrected chi connectivity index (χ2v) is 5.59. The first-order valence-electron chi connectivity index (χ1n) is 7.59. The Bertz CT molecular complexity index is 700. The topological polar surface area (TPSA) is 81.8 Å². The molecule has 0 bridgehead atoms. The minimum Gasteiger partial charge on any atom is -0.492 e. The summed E-state index contributed by atoms with van der Waals surface area (Å²) in [5.74, 6) is -0.316. The van der Waals surface area contributed by atoms with Crippen LogP contribution in [0.25, 0.3) is 0 Å². The van der Waals surface area contributed by atoms with Crippen LogP contribution in [0.3, 0.4) is 0 Å². The summed E-state index contributed by atoms with van der Waals surface area (Å²) < 4.78 is 11.1. The Balaban J connectivity index is 1.70. The summed E-state index contributed by atoms with van der Waals surface area (Å²) >= 11 is 0. The summed E-state index contributed by atoms with van der Waals surface area (Å²) in [4.78, 5) is 11.5. The van der Waals surface area contributed by atoms with Crippen LogP contribution < -0.4 is 15.2 Å². The van der Waals surface area contributed by atoms with E-state index in [-0.39, 0.29) is 18.2 Å². The van der Waals surface area contributed by atoms with Crippen LogP contribution >= 0.6 is 0 Å². The van der Waals surface area contributed by atoms with Crippen LogP contribution in [-0.2, 0) is 12.8 Å². The molecule has 5 heteroatoms. The van der Waals surface area contributed by atoms with Gasteiger partial charge in [-0.3, -0.25) is 0 Å². The van der Waals surface area contributed by atoms with Crippen molar-refractivity contribution >= 4 is 5.97 Å². The molecule has 120 valence electrons. The smallest absolute Gasteiger partial charge is 0.343 e. The molecule has 1 heterocycles. The lowest BCUT2D eigenvalue weighted by atomic mass is 10.1. The van der Waals surface area contributed by atoms with Crippen molar-refractivity contribution in [2.75, 3.05) is 13.2 Å². The molecule has 2 aromatic carbocycles. The standard InChI is InChI=1S/C18H19NO4/c19-14(10-12-4-2-1-3-5-12)11-23-15-7-6-13-8-9-22-17(13)16(15)18(20)21/h1-7,14H,8-11,19H2,(H,20,21)/t14-/m1/s1. The summed E-state index contributed by atoms with van der Waals surface area (Å²) in [6, 6.07) is 13.2. The second kappa shape index (κ2) is 6.71. The van der Waals surface area contributed by atoms with Crippen LogP contribution in [0.2, 0.25) is 0 Å². The molecule has 5 nitrogen and oxygen atoms in total. The number of rotatable bonds is 6. The van der Waals surface area contributed by atoms with Crippen LogP contribution in [0, 0.1) is 0 Å². The number of hydrogen-bond acceptors (Lipinski definition) is 4. The molecule has 1 aliphatic heterocycles.